The summed E-state index contributed by atoms with van der Waals surface area (Å²) in [5, 5.41) is 6.46. The van der Waals surface area contributed by atoms with Crippen molar-refractivity contribution in [2.24, 2.45) is 4.99 Å². The maximum absolute atomic E-state index is 12.5. The van der Waals surface area contributed by atoms with Gasteiger partial charge in [-0.25, -0.2) is 0 Å². The van der Waals surface area contributed by atoms with E-state index in [9.17, 15) is 4.79 Å². The highest BCUT2D eigenvalue weighted by Crippen LogP contribution is 2.27. The number of nitrogens with zero attached hydrogens (tertiary/aromatic N) is 2. The van der Waals surface area contributed by atoms with E-state index in [1.807, 2.05) is 53.4 Å². The second-order valence-electron chi connectivity index (χ2n) is 6.61. The van der Waals surface area contributed by atoms with E-state index in [0.717, 1.165) is 36.8 Å². The number of hydrogen-bond acceptors (Lipinski definition) is 3. The summed E-state index contributed by atoms with van der Waals surface area (Å²) in [6.07, 6.45) is 2.23. The number of hydrogen-bond donors (Lipinski definition) is 2. The second-order valence-corrected chi connectivity index (χ2v) is 6.61. The third-order valence-corrected chi connectivity index (χ3v) is 4.68. The first kappa shape index (κ1) is 19.7. The Bertz CT molecular complexity index is 792. The topological polar surface area (TPSA) is 66.0 Å². The summed E-state index contributed by atoms with van der Waals surface area (Å²) < 4.78 is 5.65. The van der Waals surface area contributed by atoms with Gasteiger partial charge in [0, 0.05) is 32.2 Å². The van der Waals surface area contributed by atoms with Crippen LogP contribution < -0.4 is 20.3 Å². The van der Waals surface area contributed by atoms with Crippen LogP contribution in [-0.4, -0.2) is 45.2 Å². The molecule has 6 nitrogen and oxygen atoms in total. The summed E-state index contributed by atoms with van der Waals surface area (Å²) in [5.74, 6) is 1.76. The lowest BCUT2D eigenvalue weighted by atomic mass is 10.2. The van der Waals surface area contributed by atoms with E-state index in [2.05, 4.69) is 21.7 Å². The molecule has 28 heavy (non-hydrogen) atoms. The van der Waals surface area contributed by atoms with Crippen LogP contribution in [-0.2, 0) is 11.2 Å². The van der Waals surface area contributed by atoms with E-state index >= 15 is 0 Å². The number of nitrogens with one attached hydrogen (secondary N) is 2. The molecule has 1 amide bonds. The molecular weight excluding hydrogens is 352 g/mol. The Balaban J connectivity index is 1.31. The number of ether oxygens (including phenoxy) is 1. The molecule has 0 spiro atoms. The molecule has 2 aromatic rings. The van der Waals surface area contributed by atoms with E-state index in [1.54, 1.807) is 7.05 Å². The monoisotopic (exact) mass is 380 g/mol. The predicted molar refractivity (Wildman–Crippen MR) is 113 cm³/mol. The van der Waals surface area contributed by atoms with Crippen LogP contribution in [0.15, 0.2) is 59.6 Å². The molecule has 2 N–H and O–H groups in total. The van der Waals surface area contributed by atoms with Gasteiger partial charge in [0.25, 0.3) is 0 Å². The largest absolute Gasteiger partial charge is 0.492 e. The lowest BCUT2D eigenvalue weighted by molar-refractivity contribution is -0.118. The molecule has 1 aliphatic rings. The quantitative estimate of drug-likeness (QED) is 0.420. The molecule has 1 aliphatic heterocycles. The Labute approximate surface area is 166 Å². The lowest BCUT2D eigenvalue weighted by Gasteiger charge is -2.17. The highest BCUT2D eigenvalue weighted by atomic mass is 16.5. The van der Waals surface area contributed by atoms with Crippen molar-refractivity contribution >= 4 is 17.6 Å². The molecule has 0 aliphatic carbocycles. The highest BCUT2D eigenvalue weighted by molar-refractivity contribution is 5.95. The van der Waals surface area contributed by atoms with Crippen molar-refractivity contribution in [1.82, 2.24) is 10.6 Å². The van der Waals surface area contributed by atoms with Gasteiger partial charge in [0.1, 0.15) is 12.4 Å². The zero-order valence-corrected chi connectivity index (χ0v) is 16.4. The van der Waals surface area contributed by atoms with Crippen molar-refractivity contribution in [3.05, 3.63) is 60.2 Å². The summed E-state index contributed by atoms with van der Waals surface area (Å²) in [5.41, 5.74) is 2.33. The van der Waals surface area contributed by atoms with E-state index in [0.29, 0.717) is 26.1 Å². The molecule has 3 rings (SSSR count). The Kier molecular flexibility index (Phi) is 7.29. The minimum absolute atomic E-state index is 0.186. The van der Waals surface area contributed by atoms with Crippen molar-refractivity contribution in [3.63, 3.8) is 0 Å². The highest BCUT2D eigenvalue weighted by Gasteiger charge is 2.23. The van der Waals surface area contributed by atoms with Crippen molar-refractivity contribution in [1.29, 1.82) is 0 Å². The summed E-state index contributed by atoms with van der Waals surface area (Å²) >= 11 is 0. The maximum atomic E-state index is 12.5. The fraction of sp³-hybridized carbons (Fsp3) is 0.364. The molecule has 6 heteroatoms. The molecule has 0 saturated heterocycles. The first-order valence-corrected chi connectivity index (χ1v) is 9.78. The molecule has 0 saturated carbocycles. The molecule has 148 valence electrons. The van der Waals surface area contributed by atoms with Gasteiger partial charge in [-0.3, -0.25) is 9.79 Å². The lowest BCUT2D eigenvalue weighted by Crippen LogP contribution is -2.40. The van der Waals surface area contributed by atoms with Gasteiger partial charge in [-0.2, -0.15) is 0 Å². The van der Waals surface area contributed by atoms with E-state index in [4.69, 9.17) is 4.74 Å². The molecule has 2 aromatic carbocycles. The van der Waals surface area contributed by atoms with Crippen molar-refractivity contribution < 1.29 is 9.53 Å². The minimum Gasteiger partial charge on any atom is -0.492 e. The fourth-order valence-electron chi connectivity index (χ4n) is 3.25. The Morgan fingerprint density at radius 3 is 2.64 bits per heavy atom. The van der Waals surface area contributed by atoms with Gasteiger partial charge in [-0.05, 0) is 36.6 Å². The number of rotatable bonds is 8. The van der Waals surface area contributed by atoms with Gasteiger partial charge < -0.3 is 20.3 Å². The van der Waals surface area contributed by atoms with Crippen LogP contribution in [0.1, 0.15) is 18.4 Å². The Morgan fingerprint density at radius 2 is 1.82 bits per heavy atom. The van der Waals surface area contributed by atoms with Crippen LogP contribution >= 0.6 is 0 Å². The number of amides is 1. The number of carbonyl (C=O) groups is 1. The molecule has 0 fully saturated rings. The van der Waals surface area contributed by atoms with Gasteiger partial charge in [0.2, 0.25) is 5.91 Å². The standard InChI is InChI=1S/C22H28N4O2/c1-23-22(25-15-17-28-19-9-3-2-4-10-19)24-14-7-12-21(27)26-16-13-18-8-5-6-11-20(18)26/h2-6,8-11H,7,12-17H2,1H3,(H2,23,24,25). The molecule has 0 bridgehead atoms. The van der Waals surface area contributed by atoms with Crippen molar-refractivity contribution in [2.45, 2.75) is 19.3 Å². The summed E-state index contributed by atoms with van der Waals surface area (Å²) in [6, 6.07) is 17.9. The zero-order chi connectivity index (χ0) is 19.6. The number of anilines is 1. The number of guanidine groups is 1. The summed E-state index contributed by atoms with van der Waals surface area (Å²) in [6.45, 7) is 2.69. The molecule has 0 unspecified atom stereocenters. The second kappa shape index (κ2) is 10.3. The number of fused-ring (bicyclic) bond motifs is 1. The van der Waals surface area contributed by atoms with Crippen molar-refractivity contribution in [2.75, 3.05) is 38.2 Å². The number of carbonyl (C=O) groups excluding carboxylic acids is 1. The van der Waals surface area contributed by atoms with Crippen molar-refractivity contribution in [3.8, 4) is 5.75 Å². The van der Waals surface area contributed by atoms with Crippen LogP contribution in [0.2, 0.25) is 0 Å². The molecule has 0 aromatic heterocycles. The van der Waals surface area contributed by atoms with E-state index < -0.39 is 0 Å². The minimum atomic E-state index is 0.186. The molecule has 0 atom stereocenters. The Hall–Kier alpha value is -3.02. The Morgan fingerprint density at radius 1 is 1.07 bits per heavy atom. The van der Waals surface area contributed by atoms with Gasteiger partial charge >= 0.3 is 0 Å². The van der Waals surface area contributed by atoms with Crippen LogP contribution in [0, 0.1) is 0 Å². The third kappa shape index (κ3) is 5.49. The average Bonchev–Trinajstić information content (AvgIpc) is 3.17. The van der Waals surface area contributed by atoms with Gasteiger partial charge in [0.05, 0.1) is 6.54 Å². The summed E-state index contributed by atoms with van der Waals surface area (Å²) in [7, 11) is 1.74. The first-order valence-electron chi connectivity index (χ1n) is 9.78. The maximum Gasteiger partial charge on any atom is 0.227 e. The van der Waals surface area contributed by atoms with E-state index in [1.165, 1.54) is 5.56 Å². The van der Waals surface area contributed by atoms with Gasteiger partial charge in [-0.1, -0.05) is 36.4 Å². The van der Waals surface area contributed by atoms with Crippen LogP contribution in [0.25, 0.3) is 0 Å². The zero-order valence-electron chi connectivity index (χ0n) is 16.4. The third-order valence-electron chi connectivity index (χ3n) is 4.68. The fourth-order valence-corrected chi connectivity index (χ4v) is 3.25. The summed E-state index contributed by atoms with van der Waals surface area (Å²) in [4.78, 5) is 18.6. The first-order chi connectivity index (χ1) is 13.8. The average molecular weight is 380 g/mol. The molecule has 1 heterocycles. The number of para-hydroxylation sites is 2. The number of aliphatic imine (C=N–C) groups is 1. The van der Waals surface area contributed by atoms with Crippen LogP contribution in [0.5, 0.6) is 5.75 Å². The predicted octanol–water partition coefficient (Wildman–Crippen LogP) is 2.60. The van der Waals surface area contributed by atoms with Crippen LogP contribution in [0.4, 0.5) is 5.69 Å². The molecular formula is C22H28N4O2. The SMILES string of the molecule is CN=C(NCCCC(=O)N1CCc2ccccc21)NCCOc1ccccc1. The van der Waals surface area contributed by atoms with Gasteiger partial charge in [0.15, 0.2) is 5.96 Å². The van der Waals surface area contributed by atoms with Crippen LogP contribution in [0.3, 0.4) is 0 Å². The normalized spacial score (nSPS) is 13.2. The molecule has 0 radical (unpaired) electrons. The van der Waals surface area contributed by atoms with E-state index in [-0.39, 0.29) is 5.91 Å². The number of benzene rings is 2. The van der Waals surface area contributed by atoms with Gasteiger partial charge in [-0.15, -0.1) is 0 Å². The smallest absolute Gasteiger partial charge is 0.227 e.